The van der Waals surface area contributed by atoms with E-state index in [4.69, 9.17) is 4.74 Å². The van der Waals surface area contributed by atoms with E-state index in [1.165, 1.54) is 6.07 Å². The van der Waals surface area contributed by atoms with E-state index in [0.29, 0.717) is 13.0 Å². The molecule has 0 aromatic heterocycles. The van der Waals surface area contributed by atoms with Crippen molar-refractivity contribution < 1.29 is 18.8 Å². The maximum Gasteiger partial charge on any atom is 0.306 e. The third-order valence-corrected chi connectivity index (χ3v) is 3.15. The first-order chi connectivity index (χ1) is 9.51. The second-order valence-corrected chi connectivity index (χ2v) is 4.47. The zero-order chi connectivity index (χ0) is 14.7. The minimum Gasteiger partial charge on any atom is -0.380 e. The quantitative estimate of drug-likeness (QED) is 0.636. The van der Waals surface area contributed by atoms with Crippen LogP contribution in [0.3, 0.4) is 0 Å². The highest BCUT2D eigenvalue weighted by Gasteiger charge is 2.29. The lowest BCUT2D eigenvalue weighted by atomic mass is 10.2. The smallest absolute Gasteiger partial charge is 0.306 e. The number of nitrogens with zero attached hydrogens (tertiary/aromatic N) is 1. The molecule has 1 aliphatic heterocycles. The molecule has 1 fully saturated rings. The number of hydrogen-bond acceptors (Lipinski definition) is 5. The first-order valence-corrected chi connectivity index (χ1v) is 6.02. The molecule has 1 aromatic rings. The lowest BCUT2D eigenvalue weighted by molar-refractivity contribution is -0.387. The number of methoxy groups -OCH3 is 1. The number of nitro benzene ring substituents is 1. The SMILES string of the molecule is COC1CNC(C(=O)Nc2ccc(F)c([N+](=O)[O-])c2)C1. The molecule has 0 spiro atoms. The zero-order valence-corrected chi connectivity index (χ0v) is 10.8. The first kappa shape index (κ1) is 14.4. The van der Waals surface area contributed by atoms with Crippen molar-refractivity contribution in [2.45, 2.75) is 18.6 Å². The number of carbonyl (C=O) groups excluding carboxylic acids is 1. The summed E-state index contributed by atoms with van der Waals surface area (Å²) in [7, 11) is 1.57. The van der Waals surface area contributed by atoms with Gasteiger partial charge in [-0.2, -0.15) is 4.39 Å². The van der Waals surface area contributed by atoms with Gasteiger partial charge in [0.1, 0.15) is 0 Å². The highest BCUT2D eigenvalue weighted by molar-refractivity contribution is 5.95. The van der Waals surface area contributed by atoms with Crippen LogP contribution in [0.4, 0.5) is 15.8 Å². The lowest BCUT2D eigenvalue weighted by Crippen LogP contribution is -2.35. The van der Waals surface area contributed by atoms with Gasteiger partial charge in [-0.1, -0.05) is 0 Å². The van der Waals surface area contributed by atoms with Gasteiger partial charge in [-0.25, -0.2) is 0 Å². The van der Waals surface area contributed by atoms with Crippen molar-refractivity contribution in [2.75, 3.05) is 19.0 Å². The second kappa shape index (κ2) is 5.93. The van der Waals surface area contributed by atoms with Crippen LogP contribution in [0.1, 0.15) is 6.42 Å². The fourth-order valence-electron chi connectivity index (χ4n) is 2.04. The number of hydrogen-bond donors (Lipinski definition) is 2. The van der Waals surface area contributed by atoms with Crippen LogP contribution in [0.15, 0.2) is 18.2 Å². The molecule has 0 aliphatic carbocycles. The maximum atomic E-state index is 13.2. The molecule has 1 amide bonds. The normalized spacial score (nSPS) is 21.7. The topological polar surface area (TPSA) is 93.5 Å². The van der Waals surface area contributed by atoms with Crippen molar-refractivity contribution in [2.24, 2.45) is 0 Å². The molecule has 2 N–H and O–H groups in total. The lowest BCUT2D eigenvalue weighted by Gasteiger charge is -2.11. The van der Waals surface area contributed by atoms with E-state index in [1.807, 2.05) is 0 Å². The van der Waals surface area contributed by atoms with Gasteiger partial charge in [-0.3, -0.25) is 14.9 Å². The molecule has 2 rings (SSSR count). The van der Waals surface area contributed by atoms with Crippen molar-refractivity contribution in [1.82, 2.24) is 5.32 Å². The van der Waals surface area contributed by atoms with Gasteiger partial charge in [0.05, 0.1) is 17.1 Å². The van der Waals surface area contributed by atoms with Crippen molar-refractivity contribution in [1.29, 1.82) is 0 Å². The second-order valence-electron chi connectivity index (χ2n) is 4.47. The molecule has 20 heavy (non-hydrogen) atoms. The van der Waals surface area contributed by atoms with Gasteiger partial charge in [-0.05, 0) is 18.6 Å². The average Bonchev–Trinajstić information content (AvgIpc) is 2.89. The Morgan fingerprint density at radius 3 is 2.95 bits per heavy atom. The highest BCUT2D eigenvalue weighted by atomic mass is 19.1. The number of rotatable bonds is 4. The minimum absolute atomic E-state index is 0.0340. The summed E-state index contributed by atoms with van der Waals surface area (Å²) < 4.78 is 18.3. The molecule has 0 radical (unpaired) electrons. The Morgan fingerprint density at radius 2 is 2.35 bits per heavy atom. The predicted molar refractivity (Wildman–Crippen MR) is 68.9 cm³/mol. The van der Waals surface area contributed by atoms with Gasteiger partial charge in [0.25, 0.3) is 0 Å². The summed E-state index contributed by atoms with van der Waals surface area (Å²) >= 11 is 0. The van der Waals surface area contributed by atoms with E-state index < -0.39 is 22.5 Å². The number of nitro groups is 1. The number of carbonyl (C=O) groups is 1. The Bertz CT molecular complexity index is 537. The molecule has 108 valence electrons. The maximum absolute atomic E-state index is 13.2. The van der Waals surface area contributed by atoms with Crippen LogP contribution in [-0.4, -0.2) is 36.6 Å². The van der Waals surface area contributed by atoms with Gasteiger partial charge < -0.3 is 15.4 Å². The molecule has 0 bridgehead atoms. The zero-order valence-electron chi connectivity index (χ0n) is 10.8. The molecular formula is C12H14FN3O4. The number of nitrogens with one attached hydrogen (secondary N) is 2. The monoisotopic (exact) mass is 283 g/mol. The van der Waals surface area contributed by atoms with E-state index in [2.05, 4.69) is 10.6 Å². The molecule has 1 saturated heterocycles. The van der Waals surface area contributed by atoms with E-state index in [0.717, 1.165) is 12.1 Å². The summed E-state index contributed by atoms with van der Waals surface area (Å²) in [6.07, 6.45) is 0.485. The van der Waals surface area contributed by atoms with E-state index in [9.17, 15) is 19.3 Å². The Labute approximate surface area is 114 Å². The molecule has 1 aromatic carbocycles. The average molecular weight is 283 g/mol. The third kappa shape index (κ3) is 3.09. The first-order valence-electron chi connectivity index (χ1n) is 6.02. The van der Waals surface area contributed by atoms with Crippen LogP contribution < -0.4 is 10.6 Å². The van der Waals surface area contributed by atoms with Crippen LogP contribution >= 0.6 is 0 Å². The third-order valence-electron chi connectivity index (χ3n) is 3.15. The fourth-order valence-corrected chi connectivity index (χ4v) is 2.04. The van der Waals surface area contributed by atoms with Crippen LogP contribution in [-0.2, 0) is 9.53 Å². The van der Waals surface area contributed by atoms with Gasteiger partial charge in [-0.15, -0.1) is 0 Å². The van der Waals surface area contributed by atoms with Gasteiger partial charge in [0, 0.05) is 25.4 Å². The molecular weight excluding hydrogens is 269 g/mol. The Kier molecular flexibility index (Phi) is 4.26. The summed E-state index contributed by atoms with van der Waals surface area (Å²) in [6.45, 7) is 0.568. The van der Waals surface area contributed by atoms with Crippen molar-refractivity contribution in [3.63, 3.8) is 0 Å². The van der Waals surface area contributed by atoms with Crippen LogP contribution in [0.2, 0.25) is 0 Å². The Morgan fingerprint density at radius 1 is 1.60 bits per heavy atom. The molecule has 1 aliphatic rings. The standard InChI is InChI=1S/C12H14FN3O4/c1-20-8-5-10(14-6-8)12(17)15-7-2-3-9(13)11(4-7)16(18)19/h2-4,8,10,14H,5-6H2,1H3,(H,15,17). The van der Waals surface area contributed by atoms with E-state index >= 15 is 0 Å². The molecule has 2 atom stereocenters. The number of halogens is 1. The summed E-state index contributed by atoms with van der Waals surface area (Å²) in [6, 6.07) is 2.80. The molecule has 2 unspecified atom stereocenters. The highest BCUT2D eigenvalue weighted by Crippen LogP contribution is 2.22. The molecule has 0 saturated carbocycles. The fraction of sp³-hybridized carbons (Fsp3) is 0.417. The number of anilines is 1. The van der Waals surface area contributed by atoms with Gasteiger partial charge >= 0.3 is 5.69 Å². The van der Waals surface area contributed by atoms with Gasteiger partial charge in [0.15, 0.2) is 0 Å². The molecule has 7 nitrogen and oxygen atoms in total. The largest absolute Gasteiger partial charge is 0.380 e. The van der Waals surface area contributed by atoms with Crippen molar-refractivity contribution in [3.8, 4) is 0 Å². The summed E-state index contributed by atoms with van der Waals surface area (Å²) in [4.78, 5) is 21.7. The predicted octanol–water partition coefficient (Wildman–Crippen LogP) is 1.05. The van der Waals surface area contributed by atoms with E-state index in [-0.39, 0.29) is 17.7 Å². The van der Waals surface area contributed by atoms with Crippen LogP contribution in [0, 0.1) is 15.9 Å². The molecule has 8 heteroatoms. The van der Waals surface area contributed by atoms with Crippen LogP contribution in [0.5, 0.6) is 0 Å². The number of amides is 1. The van der Waals surface area contributed by atoms with Crippen molar-refractivity contribution >= 4 is 17.3 Å². The van der Waals surface area contributed by atoms with Crippen LogP contribution in [0.25, 0.3) is 0 Å². The minimum atomic E-state index is -0.938. The Hall–Kier alpha value is -2.06. The number of benzene rings is 1. The summed E-state index contributed by atoms with van der Waals surface area (Å²) in [5.74, 6) is -1.27. The van der Waals surface area contributed by atoms with Gasteiger partial charge in [0.2, 0.25) is 11.7 Å². The Balaban J connectivity index is 2.05. The summed E-state index contributed by atoms with van der Waals surface area (Å²) in [5, 5.41) is 16.1. The van der Waals surface area contributed by atoms with E-state index in [1.54, 1.807) is 7.11 Å². The molecule has 1 heterocycles. The summed E-state index contributed by atoms with van der Waals surface area (Å²) in [5.41, 5.74) is -0.484. The number of ether oxygens (including phenoxy) is 1. The van der Waals surface area contributed by atoms with Crippen molar-refractivity contribution in [3.05, 3.63) is 34.1 Å².